The molecule has 0 atom stereocenters. The van der Waals surface area contributed by atoms with Crippen LogP contribution in [0.3, 0.4) is 0 Å². The van der Waals surface area contributed by atoms with Gasteiger partial charge in [-0.05, 0) is 55.8 Å². The molecular formula is C23H20ClN3O5S. The molecule has 0 fully saturated rings. The van der Waals surface area contributed by atoms with Gasteiger partial charge in [0.1, 0.15) is 27.1 Å². The van der Waals surface area contributed by atoms with Crippen LogP contribution in [0.2, 0.25) is 5.02 Å². The molecule has 0 radical (unpaired) electrons. The van der Waals surface area contributed by atoms with Gasteiger partial charge in [-0.3, -0.25) is 9.59 Å². The molecule has 1 aromatic carbocycles. The van der Waals surface area contributed by atoms with Crippen LogP contribution in [-0.2, 0) is 16.1 Å². The average Bonchev–Trinajstić information content (AvgIpc) is 3.36. The fourth-order valence-electron chi connectivity index (χ4n) is 3.30. The van der Waals surface area contributed by atoms with Gasteiger partial charge >= 0.3 is 5.97 Å². The standard InChI is InChI=1S/C23H20ClN3O5S/c1-12-19-21(29)25-13(2)26-22(19)33-20(12)23(30)31-11-18(28)27(3)10-16-8-9-17(32-16)14-4-6-15(24)7-5-14/h4-9H,10-11H2,1-3H3,(H,25,26,29). The van der Waals surface area contributed by atoms with Gasteiger partial charge in [0.05, 0.1) is 11.9 Å². The van der Waals surface area contributed by atoms with E-state index in [-0.39, 0.29) is 17.0 Å². The van der Waals surface area contributed by atoms with Crippen molar-refractivity contribution >= 4 is 45.0 Å². The van der Waals surface area contributed by atoms with Gasteiger partial charge in [0.2, 0.25) is 0 Å². The number of hydrogen-bond acceptors (Lipinski definition) is 7. The van der Waals surface area contributed by atoms with Crippen molar-refractivity contribution < 1.29 is 18.7 Å². The normalized spacial score (nSPS) is 11.0. The molecule has 1 N–H and O–H groups in total. The van der Waals surface area contributed by atoms with Crippen molar-refractivity contribution in [2.75, 3.05) is 13.7 Å². The highest BCUT2D eigenvalue weighted by Crippen LogP contribution is 2.28. The largest absolute Gasteiger partial charge is 0.459 e. The van der Waals surface area contributed by atoms with Crippen molar-refractivity contribution in [3.63, 3.8) is 0 Å². The Hall–Kier alpha value is -3.43. The van der Waals surface area contributed by atoms with Crippen molar-refractivity contribution in [1.82, 2.24) is 14.9 Å². The third kappa shape index (κ3) is 4.84. The molecule has 0 aliphatic rings. The monoisotopic (exact) mass is 485 g/mol. The zero-order valence-corrected chi connectivity index (χ0v) is 19.7. The van der Waals surface area contributed by atoms with E-state index in [0.717, 1.165) is 16.9 Å². The maximum Gasteiger partial charge on any atom is 0.349 e. The summed E-state index contributed by atoms with van der Waals surface area (Å²) in [6, 6.07) is 10.8. The summed E-state index contributed by atoms with van der Waals surface area (Å²) in [7, 11) is 1.59. The van der Waals surface area contributed by atoms with Crippen LogP contribution in [0.4, 0.5) is 0 Å². The summed E-state index contributed by atoms with van der Waals surface area (Å²) in [4.78, 5) is 46.2. The molecule has 4 aromatic rings. The van der Waals surface area contributed by atoms with Gasteiger partial charge in [-0.15, -0.1) is 11.3 Å². The molecule has 0 unspecified atom stereocenters. The number of hydrogen-bond donors (Lipinski definition) is 1. The van der Waals surface area contributed by atoms with Crippen molar-refractivity contribution in [2.24, 2.45) is 0 Å². The van der Waals surface area contributed by atoms with E-state index in [1.165, 1.54) is 4.90 Å². The van der Waals surface area contributed by atoms with Crippen molar-refractivity contribution in [3.05, 3.63) is 73.8 Å². The lowest BCUT2D eigenvalue weighted by Gasteiger charge is -2.15. The number of nitrogens with one attached hydrogen (secondary N) is 1. The number of aromatic nitrogens is 2. The first-order valence-corrected chi connectivity index (χ1v) is 11.2. The first kappa shape index (κ1) is 22.8. The summed E-state index contributed by atoms with van der Waals surface area (Å²) < 4.78 is 11.0. The molecule has 4 rings (SSSR count). The quantitative estimate of drug-likeness (QED) is 0.407. The van der Waals surface area contributed by atoms with Crippen molar-refractivity contribution in [3.8, 4) is 11.3 Å². The molecule has 33 heavy (non-hydrogen) atoms. The second-order valence-electron chi connectivity index (χ2n) is 7.49. The smallest absolute Gasteiger partial charge is 0.349 e. The van der Waals surface area contributed by atoms with E-state index < -0.39 is 18.5 Å². The van der Waals surface area contributed by atoms with Crippen molar-refractivity contribution in [2.45, 2.75) is 20.4 Å². The summed E-state index contributed by atoms with van der Waals surface area (Å²) in [5, 5.41) is 0.990. The lowest BCUT2D eigenvalue weighted by molar-refractivity contribution is -0.133. The number of carbonyl (C=O) groups is 2. The molecule has 3 aromatic heterocycles. The summed E-state index contributed by atoms with van der Waals surface area (Å²) in [6.45, 7) is 3.10. The Morgan fingerprint density at radius 3 is 2.64 bits per heavy atom. The summed E-state index contributed by atoms with van der Waals surface area (Å²) in [5.41, 5.74) is 1.05. The SMILES string of the molecule is Cc1nc2sc(C(=O)OCC(=O)N(C)Cc3ccc(-c4ccc(Cl)cc4)o3)c(C)c2c(=O)[nH]1. The Labute approximate surface area is 197 Å². The number of esters is 1. The minimum Gasteiger partial charge on any atom is -0.459 e. The summed E-state index contributed by atoms with van der Waals surface area (Å²) in [5.74, 6) is 0.648. The van der Waals surface area contributed by atoms with Crippen LogP contribution in [0.1, 0.15) is 26.8 Å². The second-order valence-corrected chi connectivity index (χ2v) is 8.92. The zero-order valence-electron chi connectivity index (χ0n) is 18.1. The topological polar surface area (TPSA) is 106 Å². The molecule has 3 heterocycles. The van der Waals surface area contributed by atoms with Gasteiger partial charge in [-0.25, -0.2) is 9.78 Å². The highest BCUT2D eigenvalue weighted by atomic mass is 35.5. The first-order chi connectivity index (χ1) is 15.7. The highest BCUT2D eigenvalue weighted by Gasteiger charge is 2.22. The summed E-state index contributed by atoms with van der Waals surface area (Å²) >= 11 is 6.98. The van der Waals surface area contributed by atoms with Gasteiger partial charge < -0.3 is 19.0 Å². The molecule has 0 saturated heterocycles. The van der Waals surface area contributed by atoms with Gasteiger partial charge in [0, 0.05) is 17.6 Å². The Morgan fingerprint density at radius 2 is 1.91 bits per heavy atom. The predicted octanol–water partition coefficient (Wildman–Crippen LogP) is 4.33. The number of carbonyl (C=O) groups excluding carboxylic acids is 2. The number of ether oxygens (including phenoxy) is 1. The first-order valence-electron chi connectivity index (χ1n) is 9.98. The second kappa shape index (κ2) is 9.21. The molecule has 0 aliphatic carbocycles. The number of halogens is 1. The van der Waals surface area contributed by atoms with E-state index in [1.54, 1.807) is 39.1 Å². The molecule has 10 heteroatoms. The minimum absolute atomic E-state index is 0.213. The van der Waals surface area contributed by atoms with Gasteiger partial charge in [0.15, 0.2) is 6.61 Å². The molecule has 170 valence electrons. The molecule has 8 nitrogen and oxygen atoms in total. The number of rotatable bonds is 6. The maximum atomic E-state index is 12.6. The fraction of sp³-hybridized carbons (Fsp3) is 0.217. The minimum atomic E-state index is -0.669. The van der Waals surface area contributed by atoms with Crippen LogP contribution in [-0.4, -0.2) is 40.4 Å². The van der Waals surface area contributed by atoms with Gasteiger partial charge in [0.25, 0.3) is 11.5 Å². The fourth-order valence-corrected chi connectivity index (χ4v) is 4.55. The number of thiophene rings is 1. The van der Waals surface area contributed by atoms with E-state index in [9.17, 15) is 14.4 Å². The Kier molecular flexibility index (Phi) is 6.35. The highest BCUT2D eigenvalue weighted by molar-refractivity contribution is 7.20. The number of fused-ring (bicyclic) bond motifs is 1. The Morgan fingerprint density at radius 1 is 1.18 bits per heavy atom. The van der Waals surface area contributed by atoms with Crippen molar-refractivity contribution in [1.29, 1.82) is 0 Å². The number of likely N-dealkylation sites (N-methyl/N-ethyl adjacent to an activating group) is 1. The van der Waals surface area contributed by atoms with E-state index in [0.29, 0.717) is 38.1 Å². The maximum absolute atomic E-state index is 12.6. The molecular weight excluding hydrogens is 466 g/mol. The Bertz CT molecular complexity index is 1400. The van der Waals surface area contributed by atoms with Gasteiger partial charge in [-0.1, -0.05) is 11.6 Å². The number of aromatic amines is 1. The van der Waals surface area contributed by atoms with Crippen LogP contribution in [0.25, 0.3) is 21.5 Å². The van der Waals surface area contributed by atoms with Crippen LogP contribution in [0.5, 0.6) is 0 Å². The summed E-state index contributed by atoms with van der Waals surface area (Å²) in [6.07, 6.45) is 0. The van der Waals surface area contributed by atoms with E-state index in [1.807, 2.05) is 18.2 Å². The van der Waals surface area contributed by atoms with E-state index in [2.05, 4.69) is 9.97 Å². The Balaban J connectivity index is 1.38. The van der Waals surface area contributed by atoms with E-state index in [4.69, 9.17) is 20.8 Å². The van der Waals surface area contributed by atoms with Crippen LogP contribution in [0, 0.1) is 13.8 Å². The lowest BCUT2D eigenvalue weighted by Crippen LogP contribution is -2.30. The number of aryl methyl sites for hydroxylation is 2. The molecule has 0 bridgehead atoms. The average molecular weight is 486 g/mol. The lowest BCUT2D eigenvalue weighted by atomic mass is 10.2. The third-order valence-electron chi connectivity index (χ3n) is 5.04. The molecule has 1 amide bonds. The number of furan rings is 1. The molecule has 0 aliphatic heterocycles. The van der Waals surface area contributed by atoms with Crippen LogP contribution in [0.15, 0.2) is 45.6 Å². The van der Waals surface area contributed by atoms with Gasteiger partial charge in [-0.2, -0.15) is 0 Å². The predicted molar refractivity (Wildman–Crippen MR) is 126 cm³/mol. The number of amides is 1. The number of benzene rings is 1. The molecule has 0 saturated carbocycles. The zero-order chi connectivity index (χ0) is 23.7. The third-order valence-corrected chi connectivity index (χ3v) is 6.46. The van der Waals surface area contributed by atoms with Crippen LogP contribution < -0.4 is 5.56 Å². The van der Waals surface area contributed by atoms with Crippen LogP contribution >= 0.6 is 22.9 Å². The number of nitrogens with zero attached hydrogens (tertiary/aromatic N) is 2. The number of H-pyrrole nitrogens is 1. The molecule has 0 spiro atoms. The van der Waals surface area contributed by atoms with E-state index >= 15 is 0 Å².